The molecule has 1 aliphatic heterocycles. The third-order valence-electron chi connectivity index (χ3n) is 5.30. The van der Waals surface area contributed by atoms with Gasteiger partial charge in [-0.15, -0.1) is 0 Å². The summed E-state index contributed by atoms with van der Waals surface area (Å²) in [6.07, 6.45) is 3.99. The summed E-state index contributed by atoms with van der Waals surface area (Å²) in [5, 5.41) is 6.80. The Bertz CT molecular complexity index is 993. The predicted octanol–water partition coefficient (Wildman–Crippen LogP) is 3.00. The zero-order valence-electron chi connectivity index (χ0n) is 18.1. The molecular weight excluding hydrogens is 415 g/mol. The number of sulfone groups is 1. The fraction of sp³-hybridized carbons (Fsp3) is 0.435. The minimum atomic E-state index is -3.18. The lowest BCUT2D eigenvalue weighted by Gasteiger charge is -2.35. The second kappa shape index (κ2) is 10.6. The topological polar surface area (TPSA) is 73.8 Å². The number of aliphatic imine (C=N–C) groups is 1. The molecule has 0 bridgehead atoms. The van der Waals surface area contributed by atoms with Crippen molar-refractivity contribution in [2.45, 2.75) is 37.1 Å². The van der Waals surface area contributed by atoms with E-state index in [1.807, 2.05) is 25.1 Å². The van der Waals surface area contributed by atoms with Crippen LogP contribution in [0.25, 0.3) is 0 Å². The minimum Gasteiger partial charge on any atom is -0.369 e. The lowest BCUT2D eigenvalue weighted by atomic mass is 10.0. The van der Waals surface area contributed by atoms with Crippen molar-refractivity contribution in [3.05, 3.63) is 59.9 Å². The quantitative estimate of drug-likeness (QED) is 0.505. The summed E-state index contributed by atoms with van der Waals surface area (Å²) in [5.74, 6) is 0.549. The van der Waals surface area contributed by atoms with Gasteiger partial charge in [0.15, 0.2) is 15.8 Å². The van der Waals surface area contributed by atoms with Crippen molar-refractivity contribution in [2.24, 2.45) is 4.99 Å². The van der Waals surface area contributed by atoms with Gasteiger partial charge in [0.1, 0.15) is 5.82 Å². The van der Waals surface area contributed by atoms with Gasteiger partial charge >= 0.3 is 0 Å². The van der Waals surface area contributed by atoms with Crippen molar-refractivity contribution in [3.63, 3.8) is 0 Å². The van der Waals surface area contributed by atoms with E-state index in [2.05, 4.69) is 20.5 Å². The SMILES string of the molecule is CCNC(=NCCc1ccc(S(C)(=O)=O)cc1)NC1CCCN(c2cccc(F)c2)C1. The normalized spacial score (nSPS) is 17.5. The van der Waals surface area contributed by atoms with E-state index < -0.39 is 9.84 Å². The first kappa shape index (κ1) is 23.1. The highest BCUT2D eigenvalue weighted by atomic mass is 32.2. The fourth-order valence-electron chi connectivity index (χ4n) is 3.72. The van der Waals surface area contributed by atoms with Crippen LogP contribution in [0.2, 0.25) is 0 Å². The molecule has 2 aromatic rings. The Labute approximate surface area is 184 Å². The molecule has 0 aliphatic carbocycles. The maximum Gasteiger partial charge on any atom is 0.191 e. The Balaban J connectivity index is 1.57. The first-order valence-electron chi connectivity index (χ1n) is 10.7. The molecule has 0 radical (unpaired) electrons. The smallest absolute Gasteiger partial charge is 0.191 e. The number of nitrogens with zero attached hydrogens (tertiary/aromatic N) is 2. The molecule has 1 fully saturated rings. The molecule has 1 atom stereocenters. The van der Waals surface area contributed by atoms with Gasteiger partial charge in [-0.1, -0.05) is 18.2 Å². The highest BCUT2D eigenvalue weighted by Gasteiger charge is 2.21. The molecule has 2 N–H and O–H groups in total. The molecule has 6 nitrogen and oxygen atoms in total. The standard InChI is InChI=1S/C23H31FN4O2S/c1-3-25-23(26-14-13-18-9-11-22(12-10-18)31(2,29)30)27-20-7-5-15-28(17-20)21-8-4-6-19(24)16-21/h4,6,8-12,16,20H,3,5,7,13-15,17H2,1-2H3,(H2,25,26,27). The maximum absolute atomic E-state index is 13.6. The van der Waals surface area contributed by atoms with Gasteiger partial charge in [-0.25, -0.2) is 12.8 Å². The van der Waals surface area contributed by atoms with Crippen LogP contribution >= 0.6 is 0 Å². The minimum absolute atomic E-state index is 0.216. The van der Waals surface area contributed by atoms with Gasteiger partial charge < -0.3 is 15.5 Å². The number of piperidine rings is 1. The molecule has 1 unspecified atom stereocenters. The largest absolute Gasteiger partial charge is 0.369 e. The monoisotopic (exact) mass is 446 g/mol. The van der Waals surface area contributed by atoms with E-state index >= 15 is 0 Å². The first-order valence-corrected chi connectivity index (χ1v) is 12.6. The molecule has 0 aromatic heterocycles. The maximum atomic E-state index is 13.6. The van der Waals surface area contributed by atoms with Crippen molar-refractivity contribution < 1.29 is 12.8 Å². The van der Waals surface area contributed by atoms with E-state index in [0.717, 1.165) is 56.1 Å². The lowest BCUT2D eigenvalue weighted by molar-refractivity contribution is 0.467. The van der Waals surface area contributed by atoms with Gasteiger partial charge in [-0.3, -0.25) is 4.99 Å². The molecular formula is C23H31FN4O2S. The van der Waals surface area contributed by atoms with Crippen LogP contribution in [-0.2, 0) is 16.3 Å². The van der Waals surface area contributed by atoms with Gasteiger partial charge in [-0.2, -0.15) is 0 Å². The molecule has 1 saturated heterocycles. The number of guanidine groups is 1. The van der Waals surface area contributed by atoms with Gasteiger partial charge in [0.2, 0.25) is 0 Å². The summed E-state index contributed by atoms with van der Waals surface area (Å²) in [4.78, 5) is 7.22. The summed E-state index contributed by atoms with van der Waals surface area (Å²) in [6.45, 7) is 5.09. The van der Waals surface area contributed by atoms with Crippen LogP contribution < -0.4 is 15.5 Å². The molecule has 0 saturated carbocycles. The Kier molecular flexibility index (Phi) is 7.90. The Morgan fingerprint density at radius 3 is 2.68 bits per heavy atom. The van der Waals surface area contributed by atoms with Crippen molar-refractivity contribution in [3.8, 4) is 0 Å². The summed E-state index contributed by atoms with van der Waals surface area (Å²) >= 11 is 0. The van der Waals surface area contributed by atoms with Gasteiger partial charge in [0.25, 0.3) is 0 Å². The highest BCUT2D eigenvalue weighted by molar-refractivity contribution is 7.90. The second-order valence-corrected chi connectivity index (χ2v) is 9.85. The summed E-state index contributed by atoms with van der Waals surface area (Å²) in [5.41, 5.74) is 1.95. The van der Waals surface area contributed by atoms with E-state index in [9.17, 15) is 12.8 Å². The lowest BCUT2D eigenvalue weighted by Crippen LogP contribution is -2.51. The number of nitrogens with one attached hydrogen (secondary N) is 2. The average Bonchev–Trinajstić information content (AvgIpc) is 2.74. The molecule has 1 aliphatic rings. The summed E-state index contributed by atoms with van der Waals surface area (Å²) in [7, 11) is -3.18. The fourth-order valence-corrected chi connectivity index (χ4v) is 4.35. The van der Waals surface area contributed by atoms with E-state index in [1.54, 1.807) is 24.3 Å². The molecule has 8 heteroatoms. The number of hydrogen-bond acceptors (Lipinski definition) is 4. The Morgan fingerprint density at radius 2 is 2.00 bits per heavy atom. The van der Waals surface area contributed by atoms with Crippen molar-refractivity contribution >= 4 is 21.5 Å². The van der Waals surface area contributed by atoms with Crippen LogP contribution in [0.15, 0.2) is 58.4 Å². The summed E-state index contributed by atoms with van der Waals surface area (Å²) in [6, 6.07) is 13.9. The molecule has 168 valence electrons. The predicted molar refractivity (Wildman–Crippen MR) is 124 cm³/mol. The zero-order chi connectivity index (χ0) is 22.3. The number of benzene rings is 2. The van der Waals surface area contributed by atoms with Crippen LogP contribution in [0, 0.1) is 5.82 Å². The van der Waals surface area contributed by atoms with Gasteiger partial charge in [0.05, 0.1) is 4.90 Å². The van der Waals surface area contributed by atoms with Crippen LogP contribution in [0.5, 0.6) is 0 Å². The summed E-state index contributed by atoms with van der Waals surface area (Å²) < 4.78 is 36.7. The highest BCUT2D eigenvalue weighted by Crippen LogP contribution is 2.20. The van der Waals surface area contributed by atoms with Crippen molar-refractivity contribution in [1.82, 2.24) is 10.6 Å². The third-order valence-corrected chi connectivity index (χ3v) is 6.43. The number of hydrogen-bond donors (Lipinski definition) is 2. The van der Waals surface area contributed by atoms with Crippen LogP contribution in [0.1, 0.15) is 25.3 Å². The Morgan fingerprint density at radius 1 is 1.23 bits per heavy atom. The molecule has 1 heterocycles. The molecule has 3 rings (SSSR count). The number of anilines is 1. The molecule has 0 amide bonds. The zero-order valence-corrected chi connectivity index (χ0v) is 19.0. The number of halogens is 1. The average molecular weight is 447 g/mol. The molecule has 0 spiro atoms. The van der Waals surface area contributed by atoms with Crippen molar-refractivity contribution in [1.29, 1.82) is 0 Å². The first-order chi connectivity index (χ1) is 14.8. The van der Waals surface area contributed by atoms with Crippen LogP contribution in [0.3, 0.4) is 0 Å². The van der Waals surface area contributed by atoms with E-state index in [-0.39, 0.29) is 11.9 Å². The van der Waals surface area contributed by atoms with E-state index in [1.165, 1.54) is 12.3 Å². The van der Waals surface area contributed by atoms with Crippen molar-refractivity contribution in [2.75, 3.05) is 37.3 Å². The van der Waals surface area contributed by atoms with Gasteiger partial charge in [0, 0.05) is 44.2 Å². The Hall–Kier alpha value is -2.61. The molecule has 31 heavy (non-hydrogen) atoms. The number of rotatable bonds is 7. The van der Waals surface area contributed by atoms with Crippen LogP contribution in [0.4, 0.5) is 10.1 Å². The molecule has 2 aromatic carbocycles. The second-order valence-electron chi connectivity index (χ2n) is 7.84. The van der Waals surface area contributed by atoms with E-state index in [4.69, 9.17) is 0 Å². The van der Waals surface area contributed by atoms with Gasteiger partial charge in [-0.05, 0) is 62.1 Å². The van der Waals surface area contributed by atoms with E-state index in [0.29, 0.717) is 11.4 Å². The van der Waals surface area contributed by atoms with Crippen LogP contribution in [-0.4, -0.2) is 52.9 Å². The third kappa shape index (κ3) is 6.95.